The second kappa shape index (κ2) is 7.25. The monoisotopic (exact) mass is 362 g/mol. The fourth-order valence-corrected chi connectivity index (χ4v) is 3.41. The van der Waals surface area contributed by atoms with Crippen molar-refractivity contribution in [3.05, 3.63) is 70.5 Å². The van der Waals surface area contributed by atoms with Gasteiger partial charge in [-0.1, -0.05) is 18.2 Å². The van der Waals surface area contributed by atoms with Crippen molar-refractivity contribution in [1.29, 1.82) is 0 Å². The number of anilines is 2. The minimum atomic E-state index is -0.288. The van der Waals surface area contributed by atoms with Gasteiger partial charge in [0, 0.05) is 54.5 Å². The van der Waals surface area contributed by atoms with Gasteiger partial charge in [-0.15, -0.1) is 0 Å². The number of fused-ring (bicyclic) bond motifs is 1. The van der Waals surface area contributed by atoms with E-state index in [1.807, 2.05) is 42.5 Å². The van der Waals surface area contributed by atoms with Crippen LogP contribution in [0.4, 0.5) is 11.4 Å². The third kappa shape index (κ3) is 3.71. The van der Waals surface area contributed by atoms with Gasteiger partial charge in [-0.25, -0.2) is 0 Å². The summed E-state index contributed by atoms with van der Waals surface area (Å²) in [6.45, 7) is 4.10. The largest absolute Gasteiger partial charge is 0.369 e. The first-order chi connectivity index (χ1) is 13.1. The molecule has 1 aromatic heterocycles. The molecule has 2 heterocycles. The molecule has 138 valence electrons. The SMILES string of the molecule is CN1CCN(c2ccc(NC(=O)c3cc(=O)[nH]c4ccccc34)cc2)CC1. The predicted octanol–water partition coefficient (Wildman–Crippen LogP) is 2.53. The van der Waals surface area contributed by atoms with Gasteiger partial charge in [-0.05, 0) is 37.4 Å². The van der Waals surface area contributed by atoms with Crippen molar-refractivity contribution in [1.82, 2.24) is 9.88 Å². The first-order valence-corrected chi connectivity index (χ1v) is 9.07. The number of benzene rings is 2. The molecule has 27 heavy (non-hydrogen) atoms. The molecule has 2 aromatic carbocycles. The normalized spacial score (nSPS) is 15.1. The van der Waals surface area contributed by atoms with E-state index < -0.39 is 0 Å². The van der Waals surface area contributed by atoms with Gasteiger partial charge in [0.2, 0.25) is 5.56 Å². The molecule has 0 bridgehead atoms. The van der Waals surface area contributed by atoms with E-state index in [1.54, 1.807) is 6.07 Å². The standard InChI is InChI=1S/C21H22N4O2/c1-24-10-12-25(13-11-24)16-8-6-15(7-9-16)22-21(27)18-14-20(26)23-19-5-3-2-4-17(18)19/h2-9,14H,10-13H2,1H3,(H,22,27)(H,23,26). The summed E-state index contributed by atoms with van der Waals surface area (Å²) in [7, 11) is 2.13. The lowest BCUT2D eigenvalue weighted by molar-refractivity contribution is 0.102. The third-order valence-electron chi connectivity index (χ3n) is 4.99. The highest BCUT2D eigenvalue weighted by atomic mass is 16.2. The van der Waals surface area contributed by atoms with Crippen LogP contribution in [0, 0.1) is 0 Å². The van der Waals surface area contributed by atoms with Crippen LogP contribution in [0.2, 0.25) is 0 Å². The van der Waals surface area contributed by atoms with Crippen LogP contribution in [0.3, 0.4) is 0 Å². The molecule has 0 spiro atoms. The van der Waals surface area contributed by atoms with Crippen LogP contribution >= 0.6 is 0 Å². The second-order valence-corrected chi connectivity index (χ2v) is 6.88. The topological polar surface area (TPSA) is 68.4 Å². The van der Waals surface area contributed by atoms with Crippen molar-refractivity contribution < 1.29 is 4.79 Å². The number of hydrogen-bond donors (Lipinski definition) is 2. The van der Waals surface area contributed by atoms with E-state index in [4.69, 9.17) is 0 Å². The number of aromatic nitrogens is 1. The van der Waals surface area contributed by atoms with Crippen LogP contribution in [0.15, 0.2) is 59.4 Å². The number of aromatic amines is 1. The summed E-state index contributed by atoms with van der Waals surface area (Å²) in [6.07, 6.45) is 0. The number of piperazine rings is 1. The van der Waals surface area contributed by atoms with Crippen LogP contribution < -0.4 is 15.8 Å². The Kier molecular flexibility index (Phi) is 4.64. The second-order valence-electron chi connectivity index (χ2n) is 6.88. The minimum Gasteiger partial charge on any atom is -0.369 e. The summed E-state index contributed by atoms with van der Waals surface area (Å²) in [5, 5.41) is 3.62. The first kappa shape index (κ1) is 17.3. The number of amides is 1. The molecule has 3 aromatic rings. The molecule has 4 rings (SSSR count). The van der Waals surface area contributed by atoms with Gasteiger partial charge in [-0.2, -0.15) is 0 Å². The highest BCUT2D eigenvalue weighted by Gasteiger charge is 2.15. The molecule has 6 heteroatoms. The van der Waals surface area contributed by atoms with E-state index in [2.05, 4.69) is 27.1 Å². The van der Waals surface area contributed by atoms with Gasteiger partial charge in [0.25, 0.3) is 5.91 Å². The van der Waals surface area contributed by atoms with E-state index in [-0.39, 0.29) is 11.5 Å². The molecular weight excluding hydrogens is 340 g/mol. The smallest absolute Gasteiger partial charge is 0.256 e. The molecular formula is C21H22N4O2. The lowest BCUT2D eigenvalue weighted by Gasteiger charge is -2.34. The van der Waals surface area contributed by atoms with Gasteiger partial charge >= 0.3 is 0 Å². The average molecular weight is 362 g/mol. The third-order valence-corrected chi connectivity index (χ3v) is 4.99. The molecule has 1 aliphatic rings. The van der Waals surface area contributed by atoms with Crippen molar-refractivity contribution >= 4 is 28.2 Å². The molecule has 0 aliphatic carbocycles. The van der Waals surface area contributed by atoms with Gasteiger partial charge < -0.3 is 20.1 Å². The number of carbonyl (C=O) groups excluding carboxylic acids is 1. The summed E-state index contributed by atoms with van der Waals surface area (Å²) >= 11 is 0. The van der Waals surface area contributed by atoms with E-state index in [1.165, 1.54) is 6.07 Å². The fourth-order valence-electron chi connectivity index (χ4n) is 3.41. The Morgan fingerprint density at radius 2 is 1.70 bits per heavy atom. The summed E-state index contributed by atoms with van der Waals surface area (Å²) in [6, 6.07) is 16.5. The lowest BCUT2D eigenvalue weighted by Crippen LogP contribution is -2.44. The Labute approximate surface area is 157 Å². The Morgan fingerprint density at radius 1 is 1.00 bits per heavy atom. The van der Waals surface area contributed by atoms with Gasteiger partial charge in [0.1, 0.15) is 0 Å². The van der Waals surface area contributed by atoms with Crippen molar-refractivity contribution in [2.24, 2.45) is 0 Å². The highest BCUT2D eigenvalue weighted by molar-refractivity contribution is 6.12. The summed E-state index contributed by atoms with van der Waals surface area (Å²) < 4.78 is 0. The zero-order valence-corrected chi connectivity index (χ0v) is 15.2. The Balaban J connectivity index is 1.53. The highest BCUT2D eigenvalue weighted by Crippen LogP contribution is 2.21. The number of nitrogens with zero attached hydrogens (tertiary/aromatic N) is 2. The van der Waals surface area contributed by atoms with E-state index >= 15 is 0 Å². The quantitative estimate of drug-likeness (QED) is 0.751. The summed E-state index contributed by atoms with van der Waals surface area (Å²) in [5.74, 6) is -0.287. The molecule has 0 atom stereocenters. The average Bonchev–Trinajstić information content (AvgIpc) is 2.68. The van der Waals surface area contributed by atoms with E-state index in [9.17, 15) is 9.59 Å². The fraction of sp³-hybridized carbons (Fsp3) is 0.238. The molecule has 0 saturated carbocycles. The van der Waals surface area contributed by atoms with Crippen molar-refractivity contribution in [2.75, 3.05) is 43.4 Å². The Morgan fingerprint density at radius 3 is 2.44 bits per heavy atom. The Hall–Kier alpha value is -3.12. The van der Waals surface area contributed by atoms with Gasteiger partial charge in [-0.3, -0.25) is 9.59 Å². The zero-order chi connectivity index (χ0) is 18.8. The number of para-hydroxylation sites is 1. The first-order valence-electron chi connectivity index (χ1n) is 9.07. The van der Waals surface area contributed by atoms with Crippen LogP contribution in [-0.2, 0) is 0 Å². The number of carbonyl (C=O) groups is 1. The van der Waals surface area contributed by atoms with Crippen LogP contribution in [0.25, 0.3) is 10.9 Å². The maximum Gasteiger partial charge on any atom is 0.256 e. The van der Waals surface area contributed by atoms with Crippen LogP contribution in [0.5, 0.6) is 0 Å². The molecule has 2 N–H and O–H groups in total. The van der Waals surface area contributed by atoms with Gasteiger partial charge in [0.15, 0.2) is 0 Å². The number of pyridine rings is 1. The lowest BCUT2D eigenvalue weighted by atomic mass is 10.1. The zero-order valence-electron chi connectivity index (χ0n) is 15.2. The summed E-state index contributed by atoms with van der Waals surface area (Å²) in [4.78, 5) is 32.0. The molecule has 1 aliphatic heterocycles. The van der Waals surface area contributed by atoms with Crippen molar-refractivity contribution in [2.45, 2.75) is 0 Å². The summed E-state index contributed by atoms with van der Waals surface area (Å²) in [5.41, 5.74) is 2.60. The molecule has 1 saturated heterocycles. The van der Waals surface area contributed by atoms with Crippen LogP contribution in [-0.4, -0.2) is 49.0 Å². The van der Waals surface area contributed by atoms with Crippen molar-refractivity contribution in [3.8, 4) is 0 Å². The molecule has 0 unspecified atom stereocenters. The number of likely N-dealkylation sites (N-methyl/N-ethyl adjacent to an activating group) is 1. The molecule has 1 fully saturated rings. The predicted molar refractivity (Wildman–Crippen MR) is 109 cm³/mol. The Bertz CT molecular complexity index is 1020. The molecule has 6 nitrogen and oxygen atoms in total. The maximum absolute atomic E-state index is 12.7. The number of hydrogen-bond acceptors (Lipinski definition) is 4. The van der Waals surface area contributed by atoms with Crippen LogP contribution in [0.1, 0.15) is 10.4 Å². The van der Waals surface area contributed by atoms with Gasteiger partial charge in [0.05, 0.1) is 5.56 Å². The van der Waals surface area contributed by atoms with Crippen molar-refractivity contribution in [3.63, 3.8) is 0 Å². The van der Waals surface area contributed by atoms with E-state index in [0.29, 0.717) is 16.8 Å². The van der Waals surface area contributed by atoms with E-state index in [0.717, 1.165) is 37.3 Å². The molecule has 1 amide bonds. The maximum atomic E-state index is 12.7. The number of rotatable bonds is 3. The number of nitrogens with one attached hydrogen (secondary N) is 2. The number of H-pyrrole nitrogens is 1. The minimum absolute atomic E-state index is 0.287. The molecule has 0 radical (unpaired) electrons.